The SMILES string of the molecule is CC(C)OC(=O)C1C=CC=CC1(N)O. The van der Waals surface area contributed by atoms with Gasteiger partial charge in [0.15, 0.2) is 0 Å². The van der Waals surface area contributed by atoms with E-state index in [1.807, 2.05) is 0 Å². The van der Waals surface area contributed by atoms with Gasteiger partial charge in [-0.25, -0.2) is 0 Å². The molecule has 3 N–H and O–H groups in total. The molecule has 1 rings (SSSR count). The number of rotatable bonds is 2. The molecule has 14 heavy (non-hydrogen) atoms. The minimum atomic E-state index is -1.64. The summed E-state index contributed by atoms with van der Waals surface area (Å²) in [5.74, 6) is -1.33. The topological polar surface area (TPSA) is 72.5 Å². The molecule has 4 heteroatoms. The van der Waals surface area contributed by atoms with E-state index in [0.717, 1.165) is 0 Å². The molecule has 1 aliphatic carbocycles. The second-order valence-corrected chi connectivity index (χ2v) is 3.59. The van der Waals surface area contributed by atoms with Crippen LogP contribution in [0.4, 0.5) is 0 Å². The third-order valence-electron chi connectivity index (χ3n) is 1.88. The van der Waals surface area contributed by atoms with Crippen LogP contribution in [-0.2, 0) is 9.53 Å². The van der Waals surface area contributed by atoms with Crippen molar-refractivity contribution in [3.05, 3.63) is 24.3 Å². The number of allylic oxidation sites excluding steroid dienone is 2. The maximum Gasteiger partial charge on any atom is 0.317 e. The molecule has 0 aromatic carbocycles. The molecular formula is C10H15NO3. The summed E-state index contributed by atoms with van der Waals surface area (Å²) >= 11 is 0. The van der Waals surface area contributed by atoms with Crippen LogP contribution in [0.3, 0.4) is 0 Å². The highest BCUT2D eigenvalue weighted by Crippen LogP contribution is 2.21. The van der Waals surface area contributed by atoms with Gasteiger partial charge in [-0.05, 0) is 19.9 Å². The second kappa shape index (κ2) is 3.94. The third-order valence-corrected chi connectivity index (χ3v) is 1.88. The van der Waals surface area contributed by atoms with Crippen molar-refractivity contribution < 1.29 is 14.6 Å². The van der Waals surface area contributed by atoms with Crippen molar-refractivity contribution in [3.8, 4) is 0 Å². The Balaban J connectivity index is 2.72. The predicted octanol–water partition coefficient (Wildman–Crippen LogP) is 0.327. The smallest absolute Gasteiger partial charge is 0.317 e. The number of carbonyl (C=O) groups is 1. The van der Waals surface area contributed by atoms with Crippen molar-refractivity contribution in [2.24, 2.45) is 11.7 Å². The van der Waals surface area contributed by atoms with E-state index in [9.17, 15) is 9.90 Å². The Morgan fingerprint density at radius 1 is 1.57 bits per heavy atom. The fourth-order valence-corrected chi connectivity index (χ4v) is 1.22. The van der Waals surface area contributed by atoms with Gasteiger partial charge in [0, 0.05) is 0 Å². The van der Waals surface area contributed by atoms with Crippen LogP contribution < -0.4 is 5.73 Å². The minimum absolute atomic E-state index is 0.211. The molecule has 0 saturated heterocycles. The van der Waals surface area contributed by atoms with Gasteiger partial charge in [-0.2, -0.15) is 0 Å². The number of hydrogen-bond acceptors (Lipinski definition) is 4. The molecule has 0 aliphatic heterocycles. The van der Waals surface area contributed by atoms with Gasteiger partial charge in [-0.15, -0.1) is 0 Å². The summed E-state index contributed by atoms with van der Waals surface area (Å²) in [5, 5.41) is 9.66. The molecule has 1 aliphatic rings. The zero-order valence-corrected chi connectivity index (χ0v) is 8.31. The summed E-state index contributed by atoms with van der Waals surface area (Å²) < 4.78 is 4.96. The first-order valence-corrected chi connectivity index (χ1v) is 4.51. The Bertz CT molecular complexity index is 279. The number of carbonyl (C=O) groups excluding carboxylic acids is 1. The predicted molar refractivity (Wildman–Crippen MR) is 52.1 cm³/mol. The summed E-state index contributed by atoms with van der Waals surface area (Å²) in [6.07, 6.45) is 5.95. The van der Waals surface area contributed by atoms with E-state index >= 15 is 0 Å². The summed E-state index contributed by atoms with van der Waals surface area (Å²) in [4.78, 5) is 11.5. The van der Waals surface area contributed by atoms with E-state index in [0.29, 0.717) is 0 Å². The maximum atomic E-state index is 11.5. The highest BCUT2D eigenvalue weighted by molar-refractivity contribution is 5.77. The monoisotopic (exact) mass is 197 g/mol. The number of hydrogen-bond donors (Lipinski definition) is 2. The van der Waals surface area contributed by atoms with E-state index in [2.05, 4.69) is 0 Å². The third kappa shape index (κ3) is 2.43. The molecule has 4 nitrogen and oxygen atoms in total. The lowest BCUT2D eigenvalue weighted by Crippen LogP contribution is -2.49. The van der Waals surface area contributed by atoms with E-state index in [-0.39, 0.29) is 6.10 Å². The largest absolute Gasteiger partial charge is 0.462 e. The summed E-state index contributed by atoms with van der Waals surface area (Å²) in [7, 11) is 0. The first-order chi connectivity index (χ1) is 6.43. The Labute approximate surface area is 83.0 Å². The van der Waals surface area contributed by atoms with Crippen LogP contribution in [0, 0.1) is 5.92 Å². The van der Waals surface area contributed by atoms with Gasteiger partial charge in [0.05, 0.1) is 6.10 Å². The van der Waals surface area contributed by atoms with E-state index in [1.54, 1.807) is 26.0 Å². The Morgan fingerprint density at radius 2 is 2.21 bits per heavy atom. The van der Waals surface area contributed by atoms with Gasteiger partial charge in [-0.1, -0.05) is 18.2 Å². The summed E-state index contributed by atoms with van der Waals surface area (Å²) in [5.41, 5.74) is 3.88. The molecule has 0 fully saturated rings. The van der Waals surface area contributed by atoms with Gasteiger partial charge in [-0.3, -0.25) is 10.5 Å². The lowest BCUT2D eigenvalue weighted by atomic mass is 9.92. The normalized spacial score (nSPS) is 30.8. The lowest BCUT2D eigenvalue weighted by molar-refractivity contribution is -0.156. The van der Waals surface area contributed by atoms with Crippen molar-refractivity contribution in [3.63, 3.8) is 0 Å². The molecule has 78 valence electrons. The van der Waals surface area contributed by atoms with Crippen molar-refractivity contribution >= 4 is 5.97 Å². The van der Waals surface area contributed by atoms with E-state index in [1.165, 1.54) is 12.2 Å². The summed E-state index contributed by atoms with van der Waals surface area (Å²) in [6, 6.07) is 0. The minimum Gasteiger partial charge on any atom is -0.462 e. The Kier molecular flexibility index (Phi) is 3.08. The van der Waals surface area contributed by atoms with Crippen LogP contribution in [-0.4, -0.2) is 22.9 Å². The first-order valence-electron chi connectivity index (χ1n) is 4.51. The van der Waals surface area contributed by atoms with E-state index < -0.39 is 17.6 Å². The van der Waals surface area contributed by atoms with Gasteiger partial charge in [0.2, 0.25) is 0 Å². The summed E-state index contributed by atoms with van der Waals surface area (Å²) in [6.45, 7) is 3.49. The molecule has 2 atom stereocenters. The van der Waals surface area contributed by atoms with Crippen LogP contribution >= 0.6 is 0 Å². The molecule has 0 bridgehead atoms. The van der Waals surface area contributed by atoms with Crippen molar-refractivity contribution in [2.45, 2.75) is 25.7 Å². The number of ether oxygens (including phenoxy) is 1. The number of nitrogens with two attached hydrogens (primary N) is 1. The molecule has 2 unspecified atom stereocenters. The van der Waals surface area contributed by atoms with Gasteiger partial charge in [0.1, 0.15) is 11.6 Å². The molecule has 0 amide bonds. The van der Waals surface area contributed by atoms with Crippen LogP contribution in [0.25, 0.3) is 0 Å². The van der Waals surface area contributed by atoms with Gasteiger partial charge in [0.25, 0.3) is 0 Å². The maximum absolute atomic E-state index is 11.5. The average Bonchev–Trinajstić information content (AvgIpc) is 2.01. The standard InChI is InChI=1S/C10H15NO3/c1-7(2)14-9(12)8-5-3-4-6-10(8,11)13/h3-8,13H,11H2,1-2H3. The molecule has 0 aromatic rings. The van der Waals surface area contributed by atoms with Gasteiger partial charge < -0.3 is 9.84 Å². The van der Waals surface area contributed by atoms with Crippen molar-refractivity contribution in [1.82, 2.24) is 0 Å². The second-order valence-electron chi connectivity index (χ2n) is 3.59. The highest BCUT2D eigenvalue weighted by Gasteiger charge is 2.36. The van der Waals surface area contributed by atoms with Crippen LogP contribution in [0.5, 0.6) is 0 Å². The van der Waals surface area contributed by atoms with Crippen molar-refractivity contribution in [2.75, 3.05) is 0 Å². The number of esters is 1. The van der Waals surface area contributed by atoms with Crippen LogP contribution in [0.15, 0.2) is 24.3 Å². The zero-order valence-electron chi connectivity index (χ0n) is 8.31. The molecule has 0 spiro atoms. The molecular weight excluding hydrogens is 182 g/mol. The first kappa shape index (κ1) is 10.9. The van der Waals surface area contributed by atoms with Crippen molar-refractivity contribution in [1.29, 1.82) is 0 Å². The number of aliphatic hydroxyl groups is 1. The molecule has 0 saturated carbocycles. The molecule has 0 aromatic heterocycles. The van der Waals surface area contributed by atoms with Crippen LogP contribution in [0.2, 0.25) is 0 Å². The van der Waals surface area contributed by atoms with E-state index in [4.69, 9.17) is 10.5 Å². The average molecular weight is 197 g/mol. The Hall–Kier alpha value is -1.13. The zero-order chi connectivity index (χ0) is 10.8. The molecule has 0 radical (unpaired) electrons. The highest BCUT2D eigenvalue weighted by atomic mass is 16.5. The molecule has 0 heterocycles. The van der Waals surface area contributed by atoms with Gasteiger partial charge >= 0.3 is 5.97 Å². The quantitative estimate of drug-likeness (QED) is 0.494. The van der Waals surface area contributed by atoms with Crippen LogP contribution in [0.1, 0.15) is 13.8 Å². The Morgan fingerprint density at radius 3 is 2.71 bits per heavy atom. The fraction of sp³-hybridized carbons (Fsp3) is 0.500. The fourth-order valence-electron chi connectivity index (χ4n) is 1.22. The lowest BCUT2D eigenvalue weighted by Gasteiger charge is -2.28.